The van der Waals surface area contributed by atoms with Crippen LogP contribution in [0.3, 0.4) is 0 Å². The third kappa shape index (κ3) is 3.41. The molecule has 0 aromatic heterocycles. The number of carbonyl (C=O) groups is 1. The van der Waals surface area contributed by atoms with E-state index in [9.17, 15) is 20.0 Å². The molecule has 1 aromatic rings. The largest absolute Gasteiger partial charge is 0.478 e. The number of carboxylic acids is 1. The fourth-order valence-electron chi connectivity index (χ4n) is 1.50. The number of non-ortho nitro benzene ring substituents is 1. The molecule has 0 heterocycles. The molecule has 0 aliphatic carbocycles. The Morgan fingerprint density at radius 2 is 2.16 bits per heavy atom. The number of anilines is 1. The van der Waals surface area contributed by atoms with E-state index >= 15 is 0 Å². The molecule has 7 heteroatoms. The van der Waals surface area contributed by atoms with Crippen LogP contribution in [0.25, 0.3) is 0 Å². The summed E-state index contributed by atoms with van der Waals surface area (Å²) in [6, 6.07) is 3.56. The van der Waals surface area contributed by atoms with Gasteiger partial charge in [0.1, 0.15) is 0 Å². The summed E-state index contributed by atoms with van der Waals surface area (Å²) in [5.74, 6) is -1.26. The van der Waals surface area contributed by atoms with Crippen molar-refractivity contribution < 1.29 is 19.9 Å². The fraction of sp³-hybridized carbons (Fsp3) is 0.417. The maximum Gasteiger partial charge on any atom is 0.338 e. The van der Waals surface area contributed by atoms with E-state index in [1.807, 2.05) is 6.92 Å². The first-order chi connectivity index (χ1) is 8.83. The number of rotatable bonds is 6. The Morgan fingerprint density at radius 3 is 2.58 bits per heavy atom. The molecule has 0 spiro atoms. The van der Waals surface area contributed by atoms with Crippen LogP contribution in [-0.4, -0.2) is 33.3 Å². The van der Waals surface area contributed by atoms with Crippen molar-refractivity contribution in [2.45, 2.75) is 25.8 Å². The van der Waals surface area contributed by atoms with Gasteiger partial charge < -0.3 is 15.5 Å². The van der Waals surface area contributed by atoms with Crippen molar-refractivity contribution in [2.24, 2.45) is 0 Å². The molecular formula is C12H16N2O5. The first-order valence-electron chi connectivity index (χ1n) is 5.73. The van der Waals surface area contributed by atoms with Gasteiger partial charge in [0.05, 0.1) is 22.6 Å². The Bertz CT molecular complexity index is 497. The van der Waals surface area contributed by atoms with Gasteiger partial charge in [-0.15, -0.1) is 0 Å². The van der Waals surface area contributed by atoms with Gasteiger partial charge in [-0.2, -0.15) is 0 Å². The molecule has 1 rings (SSSR count). The molecule has 1 aromatic carbocycles. The minimum absolute atomic E-state index is 0.181. The van der Waals surface area contributed by atoms with Gasteiger partial charge in [0.15, 0.2) is 0 Å². The molecule has 3 N–H and O–H groups in total. The predicted molar refractivity (Wildman–Crippen MR) is 69.5 cm³/mol. The third-order valence-electron chi connectivity index (χ3n) is 3.01. The Morgan fingerprint density at radius 1 is 1.53 bits per heavy atom. The van der Waals surface area contributed by atoms with Crippen LogP contribution in [-0.2, 0) is 0 Å². The monoisotopic (exact) mass is 268 g/mol. The SMILES string of the molecule is CCC(C)(CO)Nc1ccc([N+](=O)[O-])cc1C(=O)O. The van der Waals surface area contributed by atoms with Crippen molar-refractivity contribution in [3.8, 4) is 0 Å². The molecule has 0 saturated heterocycles. The van der Waals surface area contributed by atoms with Crippen LogP contribution in [0.4, 0.5) is 11.4 Å². The lowest BCUT2D eigenvalue weighted by Crippen LogP contribution is -2.38. The van der Waals surface area contributed by atoms with Gasteiger partial charge in [-0.3, -0.25) is 10.1 Å². The minimum atomic E-state index is -1.26. The van der Waals surface area contributed by atoms with Crippen LogP contribution >= 0.6 is 0 Å². The van der Waals surface area contributed by atoms with Crippen LogP contribution in [0.1, 0.15) is 30.6 Å². The Labute approximate surface area is 110 Å². The molecule has 19 heavy (non-hydrogen) atoms. The Balaban J connectivity index is 3.21. The second-order valence-corrected chi connectivity index (χ2v) is 4.49. The molecule has 1 atom stereocenters. The molecule has 0 aliphatic heterocycles. The van der Waals surface area contributed by atoms with Crippen molar-refractivity contribution >= 4 is 17.3 Å². The highest BCUT2D eigenvalue weighted by molar-refractivity contribution is 5.95. The fourth-order valence-corrected chi connectivity index (χ4v) is 1.50. The van der Waals surface area contributed by atoms with Crippen LogP contribution in [0.15, 0.2) is 18.2 Å². The molecule has 1 unspecified atom stereocenters. The summed E-state index contributed by atoms with van der Waals surface area (Å²) in [4.78, 5) is 21.1. The summed E-state index contributed by atoms with van der Waals surface area (Å²) in [6.07, 6.45) is 0.569. The first-order valence-corrected chi connectivity index (χ1v) is 5.73. The standard InChI is InChI=1S/C12H16N2O5/c1-3-12(2,7-15)13-10-5-4-8(14(18)19)6-9(10)11(16)17/h4-6,13,15H,3,7H2,1-2H3,(H,16,17). The number of aliphatic hydroxyl groups excluding tert-OH is 1. The Hall–Kier alpha value is -2.15. The summed E-state index contributed by atoms with van der Waals surface area (Å²) in [7, 11) is 0. The number of benzene rings is 1. The average molecular weight is 268 g/mol. The van der Waals surface area contributed by atoms with Gasteiger partial charge in [-0.25, -0.2) is 4.79 Å². The lowest BCUT2D eigenvalue weighted by molar-refractivity contribution is -0.384. The summed E-state index contributed by atoms with van der Waals surface area (Å²) in [5, 5.41) is 31.9. The van der Waals surface area contributed by atoms with Gasteiger partial charge in [-0.1, -0.05) is 6.92 Å². The molecule has 0 radical (unpaired) electrons. The van der Waals surface area contributed by atoms with E-state index in [-0.39, 0.29) is 23.5 Å². The molecule has 0 aliphatic rings. The molecule has 0 amide bonds. The van der Waals surface area contributed by atoms with E-state index in [2.05, 4.69) is 5.32 Å². The normalized spacial score (nSPS) is 13.6. The molecular weight excluding hydrogens is 252 g/mol. The third-order valence-corrected chi connectivity index (χ3v) is 3.01. The second-order valence-electron chi connectivity index (χ2n) is 4.49. The highest BCUT2D eigenvalue weighted by Crippen LogP contribution is 2.26. The van der Waals surface area contributed by atoms with Crippen LogP contribution < -0.4 is 5.32 Å². The van der Waals surface area contributed by atoms with Gasteiger partial charge in [-0.05, 0) is 19.4 Å². The summed E-state index contributed by atoms with van der Waals surface area (Å²) >= 11 is 0. The van der Waals surface area contributed by atoms with E-state index < -0.39 is 16.4 Å². The van der Waals surface area contributed by atoms with E-state index in [0.717, 1.165) is 6.07 Å². The van der Waals surface area contributed by atoms with E-state index in [4.69, 9.17) is 5.11 Å². The van der Waals surface area contributed by atoms with Crippen molar-refractivity contribution in [3.05, 3.63) is 33.9 Å². The Kier molecular flexibility index (Phi) is 4.44. The van der Waals surface area contributed by atoms with Crippen molar-refractivity contribution in [1.29, 1.82) is 0 Å². The van der Waals surface area contributed by atoms with Crippen molar-refractivity contribution in [2.75, 3.05) is 11.9 Å². The summed E-state index contributed by atoms with van der Waals surface area (Å²) < 4.78 is 0. The maximum atomic E-state index is 11.1. The number of nitrogens with zero attached hydrogens (tertiary/aromatic N) is 1. The lowest BCUT2D eigenvalue weighted by Gasteiger charge is -2.29. The second kappa shape index (κ2) is 5.66. The van der Waals surface area contributed by atoms with Gasteiger partial charge >= 0.3 is 5.97 Å². The highest BCUT2D eigenvalue weighted by Gasteiger charge is 2.24. The molecule has 0 fully saturated rings. The predicted octanol–water partition coefficient (Wildman–Crippen LogP) is 1.87. The minimum Gasteiger partial charge on any atom is -0.478 e. The van der Waals surface area contributed by atoms with E-state index in [1.165, 1.54) is 12.1 Å². The zero-order chi connectivity index (χ0) is 14.6. The first kappa shape index (κ1) is 14.9. The molecule has 0 saturated carbocycles. The van der Waals surface area contributed by atoms with Crippen LogP contribution in [0.5, 0.6) is 0 Å². The lowest BCUT2D eigenvalue weighted by atomic mass is 9.98. The number of hydrogen-bond donors (Lipinski definition) is 3. The highest BCUT2D eigenvalue weighted by atomic mass is 16.6. The van der Waals surface area contributed by atoms with E-state index in [1.54, 1.807) is 6.92 Å². The van der Waals surface area contributed by atoms with Crippen molar-refractivity contribution in [1.82, 2.24) is 0 Å². The van der Waals surface area contributed by atoms with E-state index in [0.29, 0.717) is 6.42 Å². The molecule has 0 bridgehead atoms. The van der Waals surface area contributed by atoms with Crippen LogP contribution in [0.2, 0.25) is 0 Å². The van der Waals surface area contributed by atoms with Gasteiger partial charge in [0.2, 0.25) is 0 Å². The number of nitrogens with one attached hydrogen (secondary N) is 1. The summed E-state index contributed by atoms with van der Waals surface area (Å²) in [5.41, 5.74) is -0.913. The van der Waals surface area contributed by atoms with Gasteiger partial charge in [0.25, 0.3) is 5.69 Å². The number of aliphatic hydroxyl groups is 1. The smallest absolute Gasteiger partial charge is 0.338 e. The summed E-state index contributed by atoms with van der Waals surface area (Å²) in [6.45, 7) is 3.40. The number of nitro groups is 1. The number of nitro benzene ring substituents is 1. The van der Waals surface area contributed by atoms with Gasteiger partial charge in [0, 0.05) is 17.8 Å². The average Bonchev–Trinajstić information content (AvgIpc) is 2.38. The quantitative estimate of drug-likeness (QED) is 0.536. The van der Waals surface area contributed by atoms with Crippen LogP contribution in [0, 0.1) is 10.1 Å². The topological polar surface area (TPSA) is 113 Å². The zero-order valence-corrected chi connectivity index (χ0v) is 10.7. The molecule has 104 valence electrons. The zero-order valence-electron chi connectivity index (χ0n) is 10.7. The van der Waals surface area contributed by atoms with Crippen molar-refractivity contribution in [3.63, 3.8) is 0 Å². The number of hydrogen-bond acceptors (Lipinski definition) is 5. The molecule has 7 nitrogen and oxygen atoms in total. The number of aromatic carboxylic acids is 1. The maximum absolute atomic E-state index is 11.1. The number of carboxylic acid groups (broad SMARTS) is 1.